The molecule has 0 heterocycles. The van der Waals surface area contributed by atoms with Crippen molar-refractivity contribution in [3.05, 3.63) is 0 Å². The third-order valence-corrected chi connectivity index (χ3v) is 1.85. The summed E-state index contributed by atoms with van der Waals surface area (Å²) in [7, 11) is 0. The summed E-state index contributed by atoms with van der Waals surface area (Å²) < 4.78 is 0. The molecule has 0 fully saturated rings. The Bertz CT molecular complexity index is 306. The maximum absolute atomic E-state index is 11.2. The highest BCUT2D eigenvalue weighted by molar-refractivity contribution is 5.85. The van der Waals surface area contributed by atoms with Crippen LogP contribution in [0.5, 0.6) is 0 Å². The molecular formula is C10H17N4O4. The minimum atomic E-state index is -0.393. The summed E-state index contributed by atoms with van der Waals surface area (Å²) >= 11 is 0. The van der Waals surface area contributed by atoms with Gasteiger partial charge in [0.05, 0.1) is 13.1 Å². The Hall–Kier alpha value is -1.96. The fourth-order valence-corrected chi connectivity index (χ4v) is 0.999. The molecule has 0 saturated heterocycles. The Morgan fingerprint density at radius 2 is 1.61 bits per heavy atom. The summed E-state index contributed by atoms with van der Waals surface area (Å²) in [5, 5.41) is 7.09. The molecule has 0 aliphatic carbocycles. The molecule has 0 aromatic heterocycles. The Kier molecular flexibility index (Phi) is 9.10. The molecule has 18 heavy (non-hydrogen) atoms. The SMILES string of the molecule is NCCC(=O)NCC(=O)NCCC(=O)NC[C]=O. The Morgan fingerprint density at radius 3 is 2.22 bits per heavy atom. The van der Waals surface area contributed by atoms with Crippen LogP contribution in [0.1, 0.15) is 12.8 Å². The minimum Gasteiger partial charge on any atom is -0.354 e. The predicted molar refractivity (Wildman–Crippen MR) is 63.0 cm³/mol. The number of amides is 3. The van der Waals surface area contributed by atoms with Gasteiger partial charge in [0.1, 0.15) is 0 Å². The summed E-state index contributed by atoms with van der Waals surface area (Å²) in [6, 6.07) is 0. The number of hydrogen-bond acceptors (Lipinski definition) is 5. The summed E-state index contributed by atoms with van der Waals surface area (Å²) in [6.07, 6.45) is 1.74. The van der Waals surface area contributed by atoms with Crippen LogP contribution < -0.4 is 21.7 Å². The fourth-order valence-electron chi connectivity index (χ4n) is 0.999. The van der Waals surface area contributed by atoms with Crippen LogP contribution in [-0.4, -0.2) is 50.2 Å². The standard InChI is InChI=1S/C10H17N4O4/c11-3-1-8(16)14-7-10(18)12-4-2-9(17)13-5-6-15/h1-5,7,11H2,(H,12,18)(H,13,17)(H,14,16). The van der Waals surface area contributed by atoms with Crippen LogP contribution in [0.2, 0.25) is 0 Å². The quantitative estimate of drug-likeness (QED) is 0.354. The molecule has 0 aromatic rings. The van der Waals surface area contributed by atoms with Crippen molar-refractivity contribution in [2.45, 2.75) is 12.8 Å². The molecule has 8 nitrogen and oxygen atoms in total. The molecule has 0 bridgehead atoms. The van der Waals surface area contributed by atoms with Crippen LogP contribution in [0, 0.1) is 0 Å². The van der Waals surface area contributed by atoms with Crippen molar-refractivity contribution in [2.24, 2.45) is 5.73 Å². The molecule has 3 amide bonds. The maximum Gasteiger partial charge on any atom is 0.239 e. The van der Waals surface area contributed by atoms with Gasteiger partial charge in [0.15, 0.2) is 0 Å². The van der Waals surface area contributed by atoms with Gasteiger partial charge in [0.2, 0.25) is 24.0 Å². The Labute approximate surface area is 105 Å². The minimum absolute atomic E-state index is 0.0597. The van der Waals surface area contributed by atoms with Crippen molar-refractivity contribution in [2.75, 3.05) is 26.2 Å². The normalized spacial score (nSPS) is 9.39. The van der Waals surface area contributed by atoms with Gasteiger partial charge in [-0.3, -0.25) is 19.2 Å². The first-order chi connectivity index (χ1) is 8.60. The lowest BCUT2D eigenvalue weighted by Gasteiger charge is -2.06. The Balaban J connectivity index is 3.55. The number of rotatable bonds is 9. The monoisotopic (exact) mass is 257 g/mol. The molecule has 1 radical (unpaired) electrons. The van der Waals surface area contributed by atoms with Gasteiger partial charge < -0.3 is 21.7 Å². The molecule has 0 unspecified atom stereocenters. The van der Waals surface area contributed by atoms with Crippen molar-refractivity contribution in [1.82, 2.24) is 16.0 Å². The third-order valence-electron chi connectivity index (χ3n) is 1.85. The van der Waals surface area contributed by atoms with Crippen molar-refractivity contribution in [3.8, 4) is 0 Å². The van der Waals surface area contributed by atoms with E-state index in [1.807, 2.05) is 0 Å². The van der Waals surface area contributed by atoms with E-state index in [1.54, 1.807) is 0 Å². The van der Waals surface area contributed by atoms with Gasteiger partial charge in [-0.05, 0) is 0 Å². The van der Waals surface area contributed by atoms with E-state index in [1.165, 1.54) is 6.29 Å². The second kappa shape index (κ2) is 10.2. The smallest absolute Gasteiger partial charge is 0.239 e. The number of nitrogens with two attached hydrogens (primary N) is 1. The topological polar surface area (TPSA) is 130 Å². The second-order valence-electron chi connectivity index (χ2n) is 3.34. The summed E-state index contributed by atoms with van der Waals surface area (Å²) in [5.74, 6) is -1.05. The summed E-state index contributed by atoms with van der Waals surface area (Å²) in [4.78, 5) is 43.0. The molecule has 0 atom stereocenters. The fraction of sp³-hybridized carbons (Fsp3) is 0.600. The number of nitrogens with one attached hydrogen (secondary N) is 3. The zero-order chi connectivity index (χ0) is 13.8. The van der Waals surface area contributed by atoms with E-state index in [-0.39, 0.29) is 50.8 Å². The van der Waals surface area contributed by atoms with Crippen LogP contribution in [0.15, 0.2) is 0 Å². The van der Waals surface area contributed by atoms with Crippen molar-refractivity contribution in [3.63, 3.8) is 0 Å². The molecule has 101 valence electrons. The largest absolute Gasteiger partial charge is 0.354 e. The van der Waals surface area contributed by atoms with Gasteiger partial charge in [-0.1, -0.05) is 0 Å². The highest BCUT2D eigenvalue weighted by Gasteiger charge is 2.05. The summed E-state index contributed by atoms with van der Waals surface area (Å²) in [6.45, 7) is 0.0438. The highest BCUT2D eigenvalue weighted by atomic mass is 16.2. The first-order valence-electron chi connectivity index (χ1n) is 5.45. The predicted octanol–water partition coefficient (Wildman–Crippen LogP) is -2.82. The average molecular weight is 257 g/mol. The van der Waals surface area contributed by atoms with Crippen molar-refractivity contribution < 1.29 is 19.2 Å². The highest BCUT2D eigenvalue weighted by Crippen LogP contribution is 1.78. The lowest BCUT2D eigenvalue weighted by Crippen LogP contribution is -2.39. The zero-order valence-corrected chi connectivity index (χ0v) is 9.95. The molecule has 8 heteroatoms. The molecule has 5 N–H and O–H groups in total. The van der Waals surface area contributed by atoms with Gasteiger partial charge in [0.25, 0.3) is 0 Å². The van der Waals surface area contributed by atoms with E-state index in [4.69, 9.17) is 5.73 Å². The van der Waals surface area contributed by atoms with E-state index in [0.29, 0.717) is 0 Å². The number of hydrogen-bond donors (Lipinski definition) is 4. The van der Waals surface area contributed by atoms with Crippen LogP contribution in [-0.2, 0) is 19.2 Å². The molecule has 0 aliphatic rings. The number of carbonyl (C=O) groups is 3. The molecule has 0 rings (SSSR count). The van der Waals surface area contributed by atoms with Crippen LogP contribution in [0.4, 0.5) is 0 Å². The van der Waals surface area contributed by atoms with Crippen molar-refractivity contribution in [1.29, 1.82) is 0 Å². The first kappa shape index (κ1) is 16.0. The van der Waals surface area contributed by atoms with Gasteiger partial charge in [-0.15, -0.1) is 0 Å². The zero-order valence-electron chi connectivity index (χ0n) is 9.95. The second-order valence-corrected chi connectivity index (χ2v) is 3.34. The molecular weight excluding hydrogens is 240 g/mol. The Morgan fingerprint density at radius 1 is 0.944 bits per heavy atom. The summed E-state index contributed by atoms with van der Waals surface area (Å²) in [5.41, 5.74) is 5.16. The lowest BCUT2D eigenvalue weighted by molar-refractivity contribution is -0.126. The molecule has 0 spiro atoms. The van der Waals surface area contributed by atoms with Gasteiger partial charge in [-0.25, -0.2) is 0 Å². The average Bonchev–Trinajstić information content (AvgIpc) is 2.34. The lowest BCUT2D eigenvalue weighted by atomic mass is 10.3. The van der Waals surface area contributed by atoms with Gasteiger partial charge in [0, 0.05) is 25.9 Å². The molecule has 0 aliphatic heterocycles. The maximum atomic E-state index is 11.2. The van der Waals surface area contributed by atoms with E-state index in [2.05, 4.69) is 16.0 Å². The van der Waals surface area contributed by atoms with E-state index in [0.717, 1.165) is 0 Å². The van der Waals surface area contributed by atoms with Crippen LogP contribution in [0.3, 0.4) is 0 Å². The van der Waals surface area contributed by atoms with Gasteiger partial charge in [-0.2, -0.15) is 0 Å². The van der Waals surface area contributed by atoms with Crippen LogP contribution in [0.25, 0.3) is 0 Å². The van der Waals surface area contributed by atoms with E-state index >= 15 is 0 Å². The van der Waals surface area contributed by atoms with E-state index < -0.39 is 5.91 Å². The van der Waals surface area contributed by atoms with E-state index in [9.17, 15) is 19.2 Å². The van der Waals surface area contributed by atoms with Crippen molar-refractivity contribution >= 4 is 24.0 Å². The number of carbonyl (C=O) groups excluding carboxylic acids is 4. The van der Waals surface area contributed by atoms with Gasteiger partial charge >= 0.3 is 0 Å². The molecule has 0 aromatic carbocycles. The molecule has 0 saturated carbocycles. The first-order valence-corrected chi connectivity index (χ1v) is 5.45. The third kappa shape index (κ3) is 9.28. The van der Waals surface area contributed by atoms with Crippen LogP contribution >= 0.6 is 0 Å².